The van der Waals surface area contributed by atoms with E-state index in [1.165, 1.54) is 0 Å². The minimum Gasteiger partial charge on any atom is -0.339 e. The maximum atomic E-state index is 13.0. The van der Waals surface area contributed by atoms with E-state index in [0.717, 1.165) is 24.0 Å². The van der Waals surface area contributed by atoms with Crippen LogP contribution in [0.1, 0.15) is 22.3 Å². The highest BCUT2D eigenvalue weighted by Crippen LogP contribution is 2.32. The van der Waals surface area contributed by atoms with E-state index in [4.69, 9.17) is 23.2 Å². The largest absolute Gasteiger partial charge is 0.339 e. The molecule has 3 heterocycles. The van der Waals surface area contributed by atoms with Crippen LogP contribution in [0.3, 0.4) is 0 Å². The van der Waals surface area contributed by atoms with Gasteiger partial charge in [-0.3, -0.25) is 14.7 Å². The standard InChI is InChI=1S/C23H21Cl2N5O2/c24-18-7-14(8-19(25)10-18)1-4-22(31)30-11-16-5-6-29(12-17(16)13-30)23(32)15-2-3-20-21(9-15)27-28-26-20/h1-4,7-10,16-17H,5-6,11-13H2,(H,26,27,28)/b4-1+. The minimum absolute atomic E-state index is 0.00384. The highest BCUT2D eigenvalue weighted by molar-refractivity contribution is 6.34. The molecule has 2 aromatic carbocycles. The third kappa shape index (κ3) is 4.23. The van der Waals surface area contributed by atoms with Crippen molar-refractivity contribution < 1.29 is 9.59 Å². The molecule has 164 valence electrons. The molecule has 1 aromatic heterocycles. The highest BCUT2D eigenvalue weighted by Gasteiger charge is 2.39. The van der Waals surface area contributed by atoms with Crippen molar-refractivity contribution in [3.05, 3.63) is 63.6 Å². The molecule has 0 radical (unpaired) electrons. The van der Waals surface area contributed by atoms with Crippen LogP contribution in [0.15, 0.2) is 42.5 Å². The number of fused-ring (bicyclic) bond motifs is 2. The number of nitrogens with zero attached hydrogens (tertiary/aromatic N) is 4. The van der Waals surface area contributed by atoms with Gasteiger partial charge >= 0.3 is 0 Å². The van der Waals surface area contributed by atoms with Crippen LogP contribution < -0.4 is 0 Å². The van der Waals surface area contributed by atoms with Gasteiger partial charge in [-0.05, 0) is 66.3 Å². The number of halogens is 2. The molecule has 2 saturated heterocycles. The molecule has 32 heavy (non-hydrogen) atoms. The summed E-state index contributed by atoms with van der Waals surface area (Å²) in [5.74, 6) is 0.650. The molecule has 2 fully saturated rings. The molecule has 2 aliphatic heterocycles. The Bertz CT molecular complexity index is 1200. The first kappa shape index (κ1) is 21.0. The van der Waals surface area contributed by atoms with Crippen molar-refractivity contribution in [3.8, 4) is 0 Å². The van der Waals surface area contributed by atoms with Crippen LogP contribution in [-0.4, -0.2) is 63.2 Å². The Morgan fingerprint density at radius 1 is 1.00 bits per heavy atom. The van der Waals surface area contributed by atoms with E-state index >= 15 is 0 Å². The van der Waals surface area contributed by atoms with Crippen molar-refractivity contribution in [2.45, 2.75) is 6.42 Å². The number of piperidine rings is 1. The van der Waals surface area contributed by atoms with Crippen molar-refractivity contribution >= 4 is 52.1 Å². The third-order valence-electron chi connectivity index (χ3n) is 6.28. The Morgan fingerprint density at radius 3 is 2.56 bits per heavy atom. The van der Waals surface area contributed by atoms with Crippen molar-refractivity contribution in [1.82, 2.24) is 25.2 Å². The molecule has 2 amide bonds. The van der Waals surface area contributed by atoms with Crippen molar-refractivity contribution in [2.75, 3.05) is 26.2 Å². The molecule has 0 spiro atoms. The Labute approximate surface area is 195 Å². The van der Waals surface area contributed by atoms with Crippen molar-refractivity contribution in [1.29, 1.82) is 0 Å². The number of nitrogens with one attached hydrogen (secondary N) is 1. The van der Waals surface area contributed by atoms with E-state index in [1.54, 1.807) is 42.5 Å². The number of carbonyl (C=O) groups is 2. The first-order valence-corrected chi connectivity index (χ1v) is 11.2. The summed E-state index contributed by atoms with van der Waals surface area (Å²) in [5.41, 5.74) is 2.88. The van der Waals surface area contributed by atoms with E-state index in [0.29, 0.717) is 46.7 Å². The van der Waals surface area contributed by atoms with Crippen LogP contribution in [0.4, 0.5) is 0 Å². The summed E-state index contributed by atoms with van der Waals surface area (Å²) in [7, 11) is 0. The Morgan fingerprint density at radius 2 is 1.75 bits per heavy atom. The van der Waals surface area contributed by atoms with Gasteiger partial charge in [0.1, 0.15) is 5.52 Å². The number of H-pyrrole nitrogens is 1. The van der Waals surface area contributed by atoms with E-state index < -0.39 is 0 Å². The predicted octanol–water partition coefficient (Wildman–Crippen LogP) is 3.90. The molecule has 5 rings (SSSR count). The smallest absolute Gasteiger partial charge is 0.253 e. The molecule has 0 saturated carbocycles. The summed E-state index contributed by atoms with van der Waals surface area (Å²) in [5, 5.41) is 11.6. The van der Waals surface area contributed by atoms with Crippen molar-refractivity contribution in [3.63, 3.8) is 0 Å². The average molecular weight is 470 g/mol. The van der Waals surface area contributed by atoms with E-state index in [9.17, 15) is 9.59 Å². The fourth-order valence-electron chi connectivity index (χ4n) is 4.63. The molecule has 2 atom stereocenters. The summed E-state index contributed by atoms with van der Waals surface area (Å²) < 4.78 is 0. The van der Waals surface area contributed by atoms with Crippen molar-refractivity contribution in [2.24, 2.45) is 11.8 Å². The van der Waals surface area contributed by atoms with Crippen LogP contribution in [0.25, 0.3) is 17.1 Å². The van der Waals surface area contributed by atoms with Gasteiger partial charge in [-0.2, -0.15) is 0 Å². The monoisotopic (exact) mass is 469 g/mol. The fourth-order valence-corrected chi connectivity index (χ4v) is 5.18. The molecule has 1 N–H and O–H groups in total. The van der Waals surface area contributed by atoms with E-state index in [1.807, 2.05) is 15.9 Å². The van der Waals surface area contributed by atoms with Crippen LogP contribution in [0.2, 0.25) is 10.0 Å². The second kappa shape index (κ2) is 8.56. The summed E-state index contributed by atoms with van der Waals surface area (Å²) >= 11 is 12.1. The van der Waals surface area contributed by atoms with Gasteiger partial charge in [0.05, 0.1) is 5.52 Å². The molecular formula is C23H21Cl2N5O2. The summed E-state index contributed by atoms with van der Waals surface area (Å²) in [6.45, 7) is 2.71. The lowest BCUT2D eigenvalue weighted by atomic mass is 9.88. The number of amides is 2. The van der Waals surface area contributed by atoms with E-state index in [-0.39, 0.29) is 17.7 Å². The van der Waals surface area contributed by atoms with Crippen LogP contribution in [0, 0.1) is 11.8 Å². The van der Waals surface area contributed by atoms with Crippen LogP contribution in [0.5, 0.6) is 0 Å². The maximum Gasteiger partial charge on any atom is 0.253 e. The van der Waals surface area contributed by atoms with Gasteiger partial charge in [0.2, 0.25) is 5.91 Å². The summed E-state index contributed by atoms with van der Waals surface area (Å²) in [6, 6.07) is 10.6. The number of likely N-dealkylation sites (tertiary alicyclic amines) is 2. The van der Waals surface area contributed by atoms with E-state index in [2.05, 4.69) is 15.4 Å². The zero-order valence-electron chi connectivity index (χ0n) is 17.2. The lowest BCUT2D eigenvalue weighted by Gasteiger charge is -2.34. The van der Waals surface area contributed by atoms with Gasteiger partial charge in [0, 0.05) is 47.9 Å². The first-order chi connectivity index (χ1) is 15.5. The zero-order chi connectivity index (χ0) is 22.2. The number of hydrogen-bond acceptors (Lipinski definition) is 4. The van der Waals surface area contributed by atoms with Gasteiger partial charge in [0.15, 0.2) is 0 Å². The lowest BCUT2D eigenvalue weighted by Crippen LogP contribution is -2.43. The second-order valence-corrected chi connectivity index (χ2v) is 9.26. The number of aromatic nitrogens is 3. The number of aromatic amines is 1. The number of hydrogen-bond donors (Lipinski definition) is 1. The topological polar surface area (TPSA) is 82.2 Å². The minimum atomic E-state index is -0.0372. The molecule has 2 unspecified atom stereocenters. The van der Waals surface area contributed by atoms with Gasteiger partial charge in [-0.25, -0.2) is 0 Å². The van der Waals surface area contributed by atoms with Gasteiger partial charge in [-0.15, -0.1) is 5.10 Å². The molecule has 2 aliphatic rings. The lowest BCUT2D eigenvalue weighted by molar-refractivity contribution is -0.125. The number of carbonyl (C=O) groups excluding carboxylic acids is 2. The molecule has 9 heteroatoms. The van der Waals surface area contributed by atoms with Crippen LogP contribution >= 0.6 is 23.2 Å². The van der Waals surface area contributed by atoms with Gasteiger partial charge in [0.25, 0.3) is 5.91 Å². The third-order valence-corrected chi connectivity index (χ3v) is 6.71. The zero-order valence-corrected chi connectivity index (χ0v) is 18.7. The Hall–Kier alpha value is -2.90. The fraction of sp³-hybridized carbons (Fsp3) is 0.304. The molecule has 3 aromatic rings. The molecule has 0 bridgehead atoms. The number of benzene rings is 2. The maximum absolute atomic E-state index is 13.0. The van der Waals surface area contributed by atoms with Gasteiger partial charge < -0.3 is 9.80 Å². The first-order valence-electron chi connectivity index (χ1n) is 10.5. The second-order valence-electron chi connectivity index (χ2n) is 8.38. The quantitative estimate of drug-likeness (QED) is 0.589. The summed E-state index contributed by atoms with van der Waals surface area (Å²) in [6.07, 6.45) is 4.19. The Kier molecular flexibility index (Phi) is 5.61. The van der Waals surface area contributed by atoms with Gasteiger partial charge in [-0.1, -0.05) is 28.4 Å². The average Bonchev–Trinajstić information content (AvgIpc) is 3.42. The SMILES string of the molecule is O=C(/C=C/c1cc(Cl)cc(Cl)c1)N1CC2CCN(C(=O)c3ccc4[nH]nnc4c3)CC2C1. The molecular weight excluding hydrogens is 449 g/mol. The molecule has 0 aliphatic carbocycles. The highest BCUT2D eigenvalue weighted by atomic mass is 35.5. The predicted molar refractivity (Wildman–Crippen MR) is 123 cm³/mol. The normalized spacial score (nSPS) is 20.8. The number of rotatable bonds is 3. The van der Waals surface area contributed by atoms with Crippen LogP contribution in [-0.2, 0) is 4.79 Å². The molecule has 7 nitrogen and oxygen atoms in total. The Balaban J connectivity index is 1.23. The summed E-state index contributed by atoms with van der Waals surface area (Å²) in [4.78, 5) is 29.5.